The average Bonchev–Trinajstić information content (AvgIpc) is 2.64. The van der Waals surface area contributed by atoms with Crippen LogP contribution >= 0.6 is 0 Å². The summed E-state index contributed by atoms with van der Waals surface area (Å²) < 4.78 is 2.05. The molecule has 0 radical (unpaired) electrons. The number of benzene rings is 2. The van der Waals surface area contributed by atoms with E-state index < -0.39 is 0 Å². The van der Waals surface area contributed by atoms with E-state index in [1.54, 1.807) is 0 Å². The van der Waals surface area contributed by atoms with Gasteiger partial charge in [-0.25, -0.2) is 9.67 Å². The number of rotatable bonds is 2. The van der Waals surface area contributed by atoms with E-state index in [1.807, 2.05) is 48.5 Å². The van der Waals surface area contributed by atoms with Gasteiger partial charge in [-0.1, -0.05) is 54.8 Å². The molecule has 0 N–H and O–H groups in total. The summed E-state index contributed by atoms with van der Waals surface area (Å²) >= 11 is 0. The van der Waals surface area contributed by atoms with Gasteiger partial charge in [0.1, 0.15) is 0 Å². The molecule has 1 aliphatic carbocycles. The summed E-state index contributed by atoms with van der Waals surface area (Å²) in [6.45, 7) is 0. The van der Waals surface area contributed by atoms with Crippen LogP contribution in [-0.4, -0.2) is 15.0 Å². The standard InChI is InChI=1S/C19H20N4/c1-3-9-15(10-4-1)20-19-17-13-7-8-14-18(17)21-22-23(19)16-11-5-2-6-12-16/h1,3-4,7-10,13-14,16H,2,5-6,11-12H2. The van der Waals surface area contributed by atoms with Crippen LogP contribution in [0.5, 0.6) is 0 Å². The molecule has 0 aliphatic heterocycles. The van der Waals surface area contributed by atoms with Crippen molar-refractivity contribution in [3.05, 3.63) is 60.1 Å². The minimum absolute atomic E-state index is 0.406. The van der Waals surface area contributed by atoms with Crippen LogP contribution in [0, 0.1) is 0 Å². The highest BCUT2D eigenvalue weighted by molar-refractivity contribution is 5.76. The molecule has 2 aromatic carbocycles. The molecule has 0 amide bonds. The summed E-state index contributed by atoms with van der Waals surface area (Å²) in [6.07, 6.45) is 6.17. The van der Waals surface area contributed by atoms with Gasteiger partial charge in [0, 0.05) is 5.39 Å². The molecule has 0 spiro atoms. The number of hydrogen-bond acceptors (Lipinski definition) is 3. The maximum Gasteiger partial charge on any atom is 0.160 e. The highest BCUT2D eigenvalue weighted by atomic mass is 15.4. The minimum atomic E-state index is 0.406. The lowest BCUT2D eigenvalue weighted by Crippen LogP contribution is -2.30. The van der Waals surface area contributed by atoms with Crippen molar-refractivity contribution in [2.24, 2.45) is 4.99 Å². The normalized spacial score (nSPS) is 16.8. The number of nitrogens with zero attached hydrogens (tertiary/aromatic N) is 4. The van der Waals surface area contributed by atoms with E-state index in [0.717, 1.165) is 34.9 Å². The molecule has 0 unspecified atom stereocenters. The van der Waals surface area contributed by atoms with Crippen molar-refractivity contribution < 1.29 is 0 Å². The van der Waals surface area contributed by atoms with Gasteiger partial charge < -0.3 is 0 Å². The Kier molecular flexibility index (Phi) is 3.88. The molecule has 4 heteroatoms. The predicted molar refractivity (Wildman–Crippen MR) is 91.3 cm³/mol. The molecular weight excluding hydrogens is 284 g/mol. The van der Waals surface area contributed by atoms with Gasteiger partial charge in [-0.2, -0.15) is 0 Å². The predicted octanol–water partition coefficient (Wildman–Crippen LogP) is 4.17. The zero-order valence-electron chi connectivity index (χ0n) is 13.1. The summed E-state index contributed by atoms with van der Waals surface area (Å²) in [5, 5.41) is 9.98. The van der Waals surface area contributed by atoms with Crippen LogP contribution in [0.25, 0.3) is 10.9 Å². The zero-order chi connectivity index (χ0) is 15.5. The molecule has 0 atom stereocenters. The van der Waals surface area contributed by atoms with Crippen LogP contribution in [0.1, 0.15) is 38.1 Å². The van der Waals surface area contributed by atoms with Gasteiger partial charge in [0.05, 0.1) is 17.2 Å². The monoisotopic (exact) mass is 304 g/mol. The summed E-state index contributed by atoms with van der Waals surface area (Å²) in [5.41, 5.74) is 2.78. The lowest BCUT2D eigenvalue weighted by Gasteiger charge is -2.23. The van der Waals surface area contributed by atoms with Gasteiger partial charge in [0.15, 0.2) is 5.49 Å². The third-order valence-corrected chi connectivity index (χ3v) is 4.52. The maximum atomic E-state index is 4.90. The third-order valence-electron chi connectivity index (χ3n) is 4.52. The first kappa shape index (κ1) is 14.1. The van der Waals surface area contributed by atoms with Crippen molar-refractivity contribution in [1.29, 1.82) is 0 Å². The quantitative estimate of drug-likeness (QED) is 0.713. The van der Waals surface area contributed by atoms with Gasteiger partial charge in [0.25, 0.3) is 0 Å². The Balaban J connectivity index is 1.95. The Morgan fingerprint density at radius 3 is 2.43 bits per heavy atom. The van der Waals surface area contributed by atoms with E-state index in [1.165, 1.54) is 19.3 Å². The molecule has 4 rings (SSSR count). The SMILES string of the molecule is c1ccc(N=c2c3ccccc3nnn2C2CCCCC2)cc1. The largest absolute Gasteiger partial charge is 0.229 e. The first-order valence-corrected chi connectivity index (χ1v) is 8.36. The molecule has 0 bridgehead atoms. The van der Waals surface area contributed by atoms with Crippen LogP contribution in [0.4, 0.5) is 5.69 Å². The fraction of sp³-hybridized carbons (Fsp3) is 0.316. The van der Waals surface area contributed by atoms with E-state index in [-0.39, 0.29) is 0 Å². The molecule has 3 aromatic rings. The maximum absolute atomic E-state index is 4.90. The molecule has 4 nitrogen and oxygen atoms in total. The molecule has 1 saturated carbocycles. The van der Waals surface area contributed by atoms with E-state index in [4.69, 9.17) is 4.99 Å². The number of hydrogen-bond donors (Lipinski definition) is 0. The Labute approximate surface area is 135 Å². The van der Waals surface area contributed by atoms with Crippen LogP contribution < -0.4 is 5.49 Å². The fourth-order valence-electron chi connectivity index (χ4n) is 3.32. The van der Waals surface area contributed by atoms with Crippen LogP contribution in [0.2, 0.25) is 0 Å². The summed E-state index contributed by atoms with van der Waals surface area (Å²) in [4.78, 5) is 4.90. The second-order valence-corrected chi connectivity index (χ2v) is 6.11. The van der Waals surface area contributed by atoms with Crippen LogP contribution in [0.3, 0.4) is 0 Å². The molecule has 1 fully saturated rings. The summed E-state index contributed by atoms with van der Waals surface area (Å²) in [6, 6.07) is 18.6. The molecule has 0 saturated heterocycles. The highest BCUT2D eigenvalue weighted by Crippen LogP contribution is 2.26. The number of aromatic nitrogens is 3. The number of fused-ring (bicyclic) bond motifs is 1. The topological polar surface area (TPSA) is 43.1 Å². The second-order valence-electron chi connectivity index (χ2n) is 6.11. The fourth-order valence-corrected chi connectivity index (χ4v) is 3.32. The Morgan fingerprint density at radius 1 is 0.870 bits per heavy atom. The first-order valence-electron chi connectivity index (χ1n) is 8.36. The van der Waals surface area contributed by atoms with Crippen LogP contribution in [0.15, 0.2) is 59.6 Å². The van der Waals surface area contributed by atoms with Gasteiger partial charge in [0.2, 0.25) is 0 Å². The van der Waals surface area contributed by atoms with Gasteiger partial charge in [-0.3, -0.25) is 0 Å². The molecule has 23 heavy (non-hydrogen) atoms. The summed E-state index contributed by atoms with van der Waals surface area (Å²) in [7, 11) is 0. The average molecular weight is 304 g/mol. The lowest BCUT2D eigenvalue weighted by atomic mass is 9.95. The highest BCUT2D eigenvalue weighted by Gasteiger charge is 2.18. The van der Waals surface area contributed by atoms with Crippen LogP contribution in [-0.2, 0) is 0 Å². The van der Waals surface area contributed by atoms with Crippen molar-refractivity contribution >= 4 is 16.6 Å². The Morgan fingerprint density at radius 2 is 1.61 bits per heavy atom. The van der Waals surface area contributed by atoms with Gasteiger partial charge >= 0.3 is 0 Å². The van der Waals surface area contributed by atoms with Gasteiger partial charge in [-0.15, -0.1) is 5.10 Å². The second kappa shape index (κ2) is 6.32. The molecule has 1 heterocycles. The summed E-state index contributed by atoms with van der Waals surface area (Å²) in [5.74, 6) is 0. The van der Waals surface area contributed by atoms with E-state index in [0.29, 0.717) is 6.04 Å². The Hall–Kier alpha value is -2.49. The van der Waals surface area contributed by atoms with Crippen molar-refractivity contribution in [3.8, 4) is 0 Å². The van der Waals surface area contributed by atoms with E-state index in [2.05, 4.69) is 21.1 Å². The third kappa shape index (κ3) is 2.89. The molecular formula is C19H20N4. The van der Waals surface area contributed by atoms with Crippen molar-refractivity contribution in [2.45, 2.75) is 38.1 Å². The Bertz CT molecular complexity index is 861. The van der Waals surface area contributed by atoms with Gasteiger partial charge in [-0.05, 0) is 37.1 Å². The lowest BCUT2D eigenvalue weighted by molar-refractivity contribution is 0.309. The minimum Gasteiger partial charge on any atom is -0.229 e. The zero-order valence-corrected chi connectivity index (χ0v) is 13.1. The molecule has 1 aliphatic rings. The van der Waals surface area contributed by atoms with E-state index >= 15 is 0 Å². The van der Waals surface area contributed by atoms with Crippen molar-refractivity contribution in [1.82, 2.24) is 15.0 Å². The molecule has 1 aromatic heterocycles. The number of para-hydroxylation sites is 1. The van der Waals surface area contributed by atoms with Crippen molar-refractivity contribution in [3.63, 3.8) is 0 Å². The van der Waals surface area contributed by atoms with E-state index in [9.17, 15) is 0 Å². The van der Waals surface area contributed by atoms with Crippen molar-refractivity contribution in [2.75, 3.05) is 0 Å². The first-order chi connectivity index (χ1) is 11.4. The molecule has 116 valence electrons. The smallest absolute Gasteiger partial charge is 0.160 e.